The standard InChI is InChI=1S/C13H16O3/c1-9(10(2)13(15)16)12(14)8-11-6-4-3-5-7-11/h3-7,9-10H,8H2,1-2H3,(H,15,16)/t9-,10+/m1/s1. The van der Waals surface area contributed by atoms with Gasteiger partial charge in [0.25, 0.3) is 0 Å². The molecule has 0 aliphatic carbocycles. The van der Waals surface area contributed by atoms with Crippen LogP contribution in [0, 0.1) is 11.8 Å². The third-order valence-electron chi connectivity index (χ3n) is 2.87. The lowest BCUT2D eigenvalue weighted by Crippen LogP contribution is -2.26. The van der Waals surface area contributed by atoms with Crippen LogP contribution in [0.3, 0.4) is 0 Å². The molecule has 0 fully saturated rings. The summed E-state index contributed by atoms with van der Waals surface area (Å²) in [4.78, 5) is 22.5. The summed E-state index contributed by atoms with van der Waals surface area (Å²) >= 11 is 0. The molecule has 1 aromatic carbocycles. The third kappa shape index (κ3) is 3.19. The van der Waals surface area contributed by atoms with Gasteiger partial charge in [0.15, 0.2) is 0 Å². The lowest BCUT2D eigenvalue weighted by Gasteiger charge is -2.14. The number of carboxylic acids is 1. The van der Waals surface area contributed by atoms with Gasteiger partial charge >= 0.3 is 5.97 Å². The van der Waals surface area contributed by atoms with Gasteiger partial charge in [-0.2, -0.15) is 0 Å². The summed E-state index contributed by atoms with van der Waals surface area (Å²) in [5.41, 5.74) is 0.928. The quantitative estimate of drug-likeness (QED) is 0.827. The van der Waals surface area contributed by atoms with Crippen molar-refractivity contribution in [3.63, 3.8) is 0 Å². The number of benzene rings is 1. The van der Waals surface area contributed by atoms with Crippen LogP contribution in [0.4, 0.5) is 0 Å². The van der Waals surface area contributed by atoms with E-state index in [-0.39, 0.29) is 5.78 Å². The van der Waals surface area contributed by atoms with Gasteiger partial charge in [0.1, 0.15) is 5.78 Å². The molecule has 1 N–H and O–H groups in total. The average Bonchev–Trinajstić information content (AvgIpc) is 2.28. The second-order valence-corrected chi connectivity index (χ2v) is 4.04. The molecular weight excluding hydrogens is 204 g/mol. The molecule has 0 saturated heterocycles. The van der Waals surface area contributed by atoms with Crippen molar-refractivity contribution in [3.8, 4) is 0 Å². The third-order valence-corrected chi connectivity index (χ3v) is 2.87. The van der Waals surface area contributed by atoms with Gasteiger partial charge < -0.3 is 5.11 Å². The lowest BCUT2D eigenvalue weighted by molar-refractivity contribution is -0.145. The Morgan fingerprint density at radius 3 is 2.19 bits per heavy atom. The SMILES string of the molecule is C[C@H](C(=O)O)[C@@H](C)C(=O)Cc1ccccc1. The van der Waals surface area contributed by atoms with E-state index in [1.807, 2.05) is 30.3 Å². The van der Waals surface area contributed by atoms with Crippen LogP contribution in [-0.2, 0) is 16.0 Å². The van der Waals surface area contributed by atoms with Crippen LogP contribution in [0.1, 0.15) is 19.4 Å². The first-order chi connectivity index (χ1) is 7.52. The van der Waals surface area contributed by atoms with E-state index < -0.39 is 17.8 Å². The van der Waals surface area contributed by atoms with E-state index >= 15 is 0 Å². The normalized spacial score (nSPS) is 14.1. The Labute approximate surface area is 95.1 Å². The maximum absolute atomic E-state index is 11.8. The van der Waals surface area contributed by atoms with Crippen LogP contribution >= 0.6 is 0 Å². The molecule has 3 heteroatoms. The fourth-order valence-electron chi connectivity index (χ4n) is 1.45. The van der Waals surface area contributed by atoms with Gasteiger partial charge in [0, 0.05) is 12.3 Å². The molecule has 1 rings (SSSR count). The van der Waals surface area contributed by atoms with Crippen molar-refractivity contribution >= 4 is 11.8 Å². The van der Waals surface area contributed by atoms with Crippen LogP contribution in [-0.4, -0.2) is 16.9 Å². The molecule has 0 aliphatic rings. The van der Waals surface area contributed by atoms with Crippen molar-refractivity contribution in [2.24, 2.45) is 11.8 Å². The molecule has 0 aliphatic heterocycles. The summed E-state index contributed by atoms with van der Waals surface area (Å²) in [6.07, 6.45) is 0.305. The highest BCUT2D eigenvalue weighted by Crippen LogP contribution is 2.15. The number of aliphatic carboxylic acids is 1. The van der Waals surface area contributed by atoms with Gasteiger partial charge in [-0.25, -0.2) is 0 Å². The van der Waals surface area contributed by atoms with Crippen molar-refractivity contribution < 1.29 is 14.7 Å². The van der Waals surface area contributed by atoms with E-state index in [1.165, 1.54) is 0 Å². The highest BCUT2D eigenvalue weighted by atomic mass is 16.4. The van der Waals surface area contributed by atoms with Gasteiger partial charge in [-0.05, 0) is 5.56 Å². The van der Waals surface area contributed by atoms with E-state index in [1.54, 1.807) is 13.8 Å². The molecule has 0 heterocycles. The Morgan fingerprint density at radius 1 is 1.12 bits per heavy atom. The van der Waals surface area contributed by atoms with Crippen molar-refractivity contribution in [1.29, 1.82) is 0 Å². The Morgan fingerprint density at radius 2 is 1.69 bits per heavy atom. The summed E-state index contributed by atoms with van der Waals surface area (Å²) in [6, 6.07) is 9.37. The maximum atomic E-state index is 11.8. The fourth-order valence-corrected chi connectivity index (χ4v) is 1.45. The summed E-state index contributed by atoms with van der Waals surface area (Å²) in [6.45, 7) is 3.24. The monoisotopic (exact) mass is 220 g/mol. The Kier molecular flexibility index (Phi) is 4.23. The van der Waals surface area contributed by atoms with E-state index in [9.17, 15) is 9.59 Å². The predicted octanol–water partition coefficient (Wildman–Crippen LogP) is 2.16. The molecule has 3 nitrogen and oxygen atoms in total. The van der Waals surface area contributed by atoms with Crippen LogP contribution in [0.2, 0.25) is 0 Å². The number of carbonyl (C=O) groups excluding carboxylic acids is 1. The molecule has 1 aromatic rings. The van der Waals surface area contributed by atoms with Crippen LogP contribution in [0.15, 0.2) is 30.3 Å². The molecule has 0 bridgehead atoms. The van der Waals surface area contributed by atoms with E-state index in [0.29, 0.717) is 6.42 Å². The first-order valence-electron chi connectivity index (χ1n) is 5.32. The number of Topliss-reactive ketones (excluding diaryl/α,β-unsaturated/α-hetero) is 1. The van der Waals surface area contributed by atoms with E-state index in [4.69, 9.17) is 5.11 Å². The lowest BCUT2D eigenvalue weighted by atomic mass is 9.89. The molecule has 0 saturated carbocycles. The molecule has 0 aromatic heterocycles. The molecule has 86 valence electrons. The number of carboxylic acid groups (broad SMARTS) is 1. The minimum absolute atomic E-state index is 0.0268. The van der Waals surface area contributed by atoms with Gasteiger partial charge in [-0.3, -0.25) is 9.59 Å². The smallest absolute Gasteiger partial charge is 0.306 e. The predicted molar refractivity (Wildman–Crippen MR) is 61.1 cm³/mol. The fraction of sp³-hybridized carbons (Fsp3) is 0.385. The number of hydrogen-bond donors (Lipinski definition) is 1. The zero-order valence-electron chi connectivity index (χ0n) is 9.51. The van der Waals surface area contributed by atoms with E-state index in [2.05, 4.69) is 0 Å². The van der Waals surface area contributed by atoms with E-state index in [0.717, 1.165) is 5.56 Å². The number of carbonyl (C=O) groups is 2. The highest BCUT2D eigenvalue weighted by Gasteiger charge is 2.25. The topological polar surface area (TPSA) is 54.4 Å². The van der Waals surface area contributed by atoms with Gasteiger partial charge in [-0.15, -0.1) is 0 Å². The maximum Gasteiger partial charge on any atom is 0.306 e. The molecular formula is C13H16O3. The Bertz CT molecular complexity index is 370. The van der Waals surface area contributed by atoms with Crippen LogP contribution in [0.25, 0.3) is 0 Å². The summed E-state index contributed by atoms with van der Waals surface area (Å²) in [5.74, 6) is -2.02. The number of ketones is 1. The van der Waals surface area contributed by atoms with Gasteiger partial charge in [0.05, 0.1) is 5.92 Å². The first kappa shape index (κ1) is 12.4. The van der Waals surface area contributed by atoms with Gasteiger partial charge in [-0.1, -0.05) is 44.2 Å². The van der Waals surface area contributed by atoms with Crippen molar-refractivity contribution in [2.75, 3.05) is 0 Å². The zero-order chi connectivity index (χ0) is 12.1. The molecule has 2 atom stereocenters. The second-order valence-electron chi connectivity index (χ2n) is 4.04. The summed E-state index contributed by atoms with van der Waals surface area (Å²) in [5, 5.41) is 8.82. The van der Waals surface area contributed by atoms with Crippen LogP contribution in [0.5, 0.6) is 0 Å². The minimum atomic E-state index is -0.922. The number of rotatable bonds is 5. The van der Waals surface area contributed by atoms with Crippen molar-refractivity contribution in [1.82, 2.24) is 0 Å². The zero-order valence-corrected chi connectivity index (χ0v) is 9.51. The molecule has 0 unspecified atom stereocenters. The molecule has 16 heavy (non-hydrogen) atoms. The largest absolute Gasteiger partial charge is 0.481 e. The highest BCUT2D eigenvalue weighted by molar-refractivity contribution is 5.87. The summed E-state index contributed by atoms with van der Waals surface area (Å²) < 4.78 is 0. The summed E-state index contributed by atoms with van der Waals surface area (Å²) in [7, 11) is 0. The Balaban J connectivity index is 2.63. The first-order valence-corrected chi connectivity index (χ1v) is 5.32. The number of hydrogen-bond acceptors (Lipinski definition) is 2. The van der Waals surface area contributed by atoms with Crippen molar-refractivity contribution in [2.45, 2.75) is 20.3 Å². The van der Waals surface area contributed by atoms with Crippen molar-refractivity contribution in [3.05, 3.63) is 35.9 Å². The Hall–Kier alpha value is -1.64. The minimum Gasteiger partial charge on any atom is -0.481 e. The molecule has 0 spiro atoms. The molecule has 0 radical (unpaired) electrons. The average molecular weight is 220 g/mol. The second kappa shape index (κ2) is 5.45. The van der Waals surface area contributed by atoms with Crippen LogP contribution < -0.4 is 0 Å². The van der Waals surface area contributed by atoms with Gasteiger partial charge in [0.2, 0.25) is 0 Å². The molecule has 0 amide bonds.